The molecule has 7 rings (SSSR count). The SMILES string of the molecule is CN1C(=O)c2c(c(-c3ccccc3)c3c(c2-c2ccccc2)-c2cccc4cccc-3c24)C1=O. The maximum absolute atomic E-state index is 13.6. The minimum absolute atomic E-state index is 0.248. The molecule has 1 heterocycles. The van der Waals surface area contributed by atoms with E-state index in [0.29, 0.717) is 11.1 Å². The van der Waals surface area contributed by atoms with Gasteiger partial charge in [0.05, 0.1) is 11.1 Å². The standard InChI is InChI=1S/C31H19NO2/c1-32-30(33)28-24(19-10-4-2-5-11-19)26-21-16-8-14-18-15-9-17-22(23(18)21)27(26)25(29(28)31(32)34)20-12-6-3-7-13-20/h2-17H,1H3. The first-order chi connectivity index (χ1) is 16.7. The lowest BCUT2D eigenvalue weighted by Gasteiger charge is -2.19. The van der Waals surface area contributed by atoms with Crippen molar-refractivity contribution in [1.29, 1.82) is 0 Å². The van der Waals surface area contributed by atoms with E-state index in [9.17, 15) is 9.59 Å². The van der Waals surface area contributed by atoms with Gasteiger partial charge < -0.3 is 0 Å². The monoisotopic (exact) mass is 437 g/mol. The Hall–Kier alpha value is -4.50. The molecular weight excluding hydrogens is 418 g/mol. The fourth-order valence-electron chi connectivity index (χ4n) is 5.69. The molecule has 0 unspecified atom stereocenters. The zero-order valence-corrected chi connectivity index (χ0v) is 18.5. The Morgan fingerprint density at radius 1 is 0.471 bits per heavy atom. The van der Waals surface area contributed by atoms with E-state index in [0.717, 1.165) is 49.9 Å². The van der Waals surface area contributed by atoms with Crippen LogP contribution in [0.15, 0.2) is 97.1 Å². The van der Waals surface area contributed by atoms with Gasteiger partial charge in [-0.1, -0.05) is 97.1 Å². The van der Waals surface area contributed by atoms with E-state index in [1.165, 1.54) is 10.3 Å². The van der Waals surface area contributed by atoms with Crippen LogP contribution in [0, 0.1) is 0 Å². The number of benzene rings is 5. The predicted molar refractivity (Wildman–Crippen MR) is 136 cm³/mol. The highest BCUT2D eigenvalue weighted by Gasteiger charge is 2.43. The van der Waals surface area contributed by atoms with E-state index >= 15 is 0 Å². The lowest BCUT2D eigenvalue weighted by molar-refractivity contribution is 0.0693. The van der Waals surface area contributed by atoms with Gasteiger partial charge in [-0.05, 0) is 44.2 Å². The lowest BCUT2D eigenvalue weighted by atomic mass is 9.81. The van der Waals surface area contributed by atoms with Crippen LogP contribution in [0.2, 0.25) is 0 Å². The summed E-state index contributed by atoms with van der Waals surface area (Å²) in [4.78, 5) is 28.5. The average molecular weight is 437 g/mol. The smallest absolute Gasteiger partial charge is 0.261 e. The molecule has 0 fully saturated rings. The second-order valence-corrected chi connectivity index (χ2v) is 8.86. The summed E-state index contributed by atoms with van der Waals surface area (Å²) in [6.07, 6.45) is 0. The van der Waals surface area contributed by atoms with Crippen LogP contribution in [0.5, 0.6) is 0 Å². The highest BCUT2D eigenvalue weighted by atomic mass is 16.2. The molecule has 5 aromatic rings. The molecule has 0 spiro atoms. The van der Waals surface area contributed by atoms with Crippen molar-refractivity contribution < 1.29 is 9.59 Å². The number of hydrogen-bond donors (Lipinski definition) is 0. The molecule has 0 aromatic heterocycles. The lowest BCUT2D eigenvalue weighted by Crippen LogP contribution is -2.24. The maximum Gasteiger partial charge on any atom is 0.261 e. The van der Waals surface area contributed by atoms with Crippen molar-refractivity contribution in [3.05, 3.63) is 108 Å². The summed E-state index contributed by atoms with van der Waals surface area (Å²) in [5.41, 5.74) is 8.86. The Balaban J connectivity index is 1.77. The molecule has 0 N–H and O–H groups in total. The second kappa shape index (κ2) is 6.75. The number of fused-ring (bicyclic) bond motifs is 4. The highest BCUT2D eigenvalue weighted by molar-refractivity contribution is 6.32. The number of carbonyl (C=O) groups is 2. The fraction of sp³-hybridized carbons (Fsp3) is 0.0323. The number of amides is 2. The van der Waals surface area contributed by atoms with Gasteiger partial charge in [0.25, 0.3) is 11.8 Å². The van der Waals surface area contributed by atoms with Crippen molar-refractivity contribution in [3.63, 3.8) is 0 Å². The number of hydrogen-bond acceptors (Lipinski definition) is 2. The van der Waals surface area contributed by atoms with E-state index in [-0.39, 0.29) is 11.8 Å². The molecule has 5 aromatic carbocycles. The van der Waals surface area contributed by atoms with E-state index in [1.807, 2.05) is 60.7 Å². The minimum atomic E-state index is -0.248. The number of imide groups is 1. The molecule has 1 aliphatic carbocycles. The van der Waals surface area contributed by atoms with Gasteiger partial charge in [-0.15, -0.1) is 0 Å². The Kier molecular flexibility index (Phi) is 3.78. The molecule has 0 atom stereocenters. The van der Waals surface area contributed by atoms with Crippen LogP contribution in [-0.2, 0) is 0 Å². The normalized spacial score (nSPS) is 13.5. The molecule has 0 saturated carbocycles. The molecule has 0 radical (unpaired) electrons. The van der Waals surface area contributed by atoms with Crippen molar-refractivity contribution in [2.24, 2.45) is 0 Å². The molecule has 34 heavy (non-hydrogen) atoms. The molecule has 160 valence electrons. The molecule has 2 amide bonds. The Morgan fingerprint density at radius 3 is 1.35 bits per heavy atom. The van der Waals surface area contributed by atoms with Crippen LogP contribution in [0.1, 0.15) is 20.7 Å². The van der Waals surface area contributed by atoms with Crippen molar-refractivity contribution >= 4 is 22.6 Å². The first-order valence-corrected chi connectivity index (χ1v) is 11.4. The molecule has 0 saturated heterocycles. The van der Waals surface area contributed by atoms with Crippen LogP contribution >= 0.6 is 0 Å². The fourth-order valence-corrected chi connectivity index (χ4v) is 5.69. The predicted octanol–water partition coefficient (Wildman–Crippen LogP) is 7.05. The summed E-state index contributed by atoms with van der Waals surface area (Å²) < 4.78 is 0. The third kappa shape index (κ3) is 2.31. The summed E-state index contributed by atoms with van der Waals surface area (Å²) in [6.45, 7) is 0. The molecule has 0 bridgehead atoms. The van der Waals surface area contributed by atoms with Crippen LogP contribution in [-0.4, -0.2) is 23.8 Å². The van der Waals surface area contributed by atoms with E-state index < -0.39 is 0 Å². The van der Waals surface area contributed by atoms with Crippen LogP contribution in [0.4, 0.5) is 0 Å². The third-order valence-corrected chi connectivity index (χ3v) is 7.11. The van der Waals surface area contributed by atoms with Crippen LogP contribution < -0.4 is 0 Å². The van der Waals surface area contributed by atoms with Gasteiger partial charge in [-0.2, -0.15) is 0 Å². The topological polar surface area (TPSA) is 37.4 Å². The van der Waals surface area contributed by atoms with Crippen molar-refractivity contribution in [2.45, 2.75) is 0 Å². The summed E-state index contributed by atoms with van der Waals surface area (Å²) in [5.74, 6) is -0.496. The highest BCUT2D eigenvalue weighted by Crippen LogP contribution is 2.57. The molecule has 2 aliphatic rings. The summed E-state index contributed by atoms with van der Waals surface area (Å²) in [5, 5.41) is 2.32. The molecule has 1 aliphatic heterocycles. The van der Waals surface area contributed by atoms with Gasteiger partial charge in [0, 0.05) is 18.2 Å². The van der Waals surface area contributed by atoms with E-state index in [2.05, 4.69) is 36.4 Å². The number of carbonyl (C=O) groups excluding carboxylic acids is 2. The van der Waals surface area contributed by atoms with Crippen LogP contribution in [0.25, 0.3) is 55.3 Å². The second-order valence-electron chi connectivity index (χ2n) is 8.86. The van der Waals surface area contributed by atoms with Crippen LogP contribution in [0.3, 0.4) is 0 Å². The van der Waals surface area contributed by atoms with Gasteiger partial charge in [0.15, 0.2) is 0 Å². The van der Waals surface area contributed by atoms with E-state index in [4.69, 9.17) is 0 Å². The minimum Gasteiger partial charge on any atom is -0.277 e. The van der Waals surface area contributed by atoms with E-state index in [1.54, 1.807) is 7.05 Å². The summed E-state index contributed by atoms with van der Waals surface area (Å²) >= 11 is 0. The largest absolute Gasteiger partial charge is 0.277 e. The third-order valence-electron chi connectivity index (χ3n) is 7.11. The average Bonchev–Trinajstić information content (AvgIpc) is 3.33. The summed E-state index contributed by atoms with van der Waals surface area (Å²) in [6, 6.07) is 32.6. The van der Waals surface area contributed by atoms with Crippen molar-refractivity contribution in [2.75, 3.05) is 7.05 Å². The van der Waals surface area contributed by atoms with Gasteiger partial charge in [-0.25, -0.2) is 0 Å². The summed E-state index contributed by atoms with van der Waals surface area (Å²) in [7, 11) is 1.58. The quantitative estimate of drug-likeness (QED) is 0.272. The van der Waals surface area contributed by atoms with Gasteiger partial charge >= 0.3 is 0 Å². The Labute approximate surface area is 196 Å². The van der Waals surface area contributed by atoms with Gasteiger partial charge in [0.2, 0.25) is 0 Å². The first-order valence-electron chi connectivity index (χ1n) is 11.4. The first kappa shape index (κ1) is 19.0. The van der Waals surface area contributed by atoms with Gasteiger partial charge in [-0.3, -0.25) is 14.5 Å². The number of nitrogens with zero attached hydrogens (tertiary/aromatic N) is 1. The molecule has 3 heteroatoms. The van der Waals surface area contributed by atoms with Crippen molar-refractivity contribution in [1.82, 2.24) is 4.90 Å². The Morgan fingerprint density at radius 2 is 0.912 bits per heavy atom. The molecule has 3 nitrogen and oxygen atoms in total. The Bertz CT molecular complexity index is 1560. The van der Waals surface area contributed by atoms with Gasteiger partial charge in [0.1, 0.15) is 0 Å². The number of rotatable bonds is 2. The zero-order valence-electron chi connectivity index (χ0n) is 18.5. The zero-order chi connectivity index (χ0) is 23.0. The maximum atomic E-state index is 13.6. The molecular formula is C31H19NO2. The van der Waals surface area contributed by atoms with Crippen molar-refractivity contribution in [3.8, 4) is 44.5 Å².